The van der Waals surface area contributed by atoms with Crippen LogP contribution in [0.3, 0.4) is 0 Å². The highest BCUT2D eigenvalue weighted by molar-refractivity contribution is 9.10. The topological polar surface area (TPSA) is 97.1 Å². The van der Waals surface area contributed by atoms with Crippen molar-refractivity contribution in [1.29, 1.82) is 0 Å². The molecule has 21 heavy (non-hydrogen) atoms. The van der Waals surface area contributed by atoms with Gasteiger partial charge in [-0.05, 0) is 46.6 Å². The number of aromatic nitrogens is 1. The van der Waals surface area contributed by atoms with Crippen molar-refractivity contribution in [2.45, 2.75) is 11.8 Å². The standard InChI is InChI=1S/C12H12Br2N4O2S/c1-7-2-3-8(13)4-10(7)18-21(19,20)11-5-9(14)6-16-12(11)17-15/h2-6,18H,15H2,1H3,(H,16,17). The summed E-state index contributed by atoms with van der Waals surface area (Å²) in [5.41, 5.74) is 3.56. The minimum atomic E-state index is -3.82. The number of benzene rings is 1. The predicted molar refractivity (Wildman–Crippen MR) is 89.4 cm³/mol. The van der Waals surface area contributed by atoms with Crippen molar-refractivity contribution >= 4 is 53.4 Å². The maximum Gasteiger partial charge on any atom is 0.265 e. The molecule has 1 aromatic heterocycles. The quantitative estimate of drug-likeness (QED) is 0.506. The summed E-state index contributed by atoms with van der Waals surface area (Å²) in [5, 5.41) is 0. The molecular formula is C12H12Br2N4O2S. The molecule has 0 bridgehead atoms. The predicted octanol–water partition coefficient (Wildman–Crippen LogP) is 3.00. The minimum absolute atomic E-state index is 0.0428. The Morgan fingerprint density at radius 3 is 2.57 bits per heavy atom. The lowest BCUT2D eigenvalue weighted by Crippen LogP contribution is -2.19. The van der Waals surface area contributed by atoms with Gasteiger partial charge in [-0.1, -0.05) is 22.0 Å². The number of hydrogen-bond acceptors (Lipinski definition) is 5. The molecule has 9 heteroatoms. The molecule has 0 amide bonds. The van der Waals surface area contributed by atoms with Crippen molar-refractivity contribution in [3.8, 4) is 0 Å². The van der Waals surface area contributed by atoms with Gasteiger partial charge in [-0.15, -0.1) is 0 Å². The first-order valence-corrected chi connectivity index (χ1v) is 8.81. The molecule has 0 fully saturated rings. The van der Waals surface area contributed by atoms with Gasteiger partial charge in [0.05, 0.1) is 5.69 Å². The maximum atomic E-state index is 12.5. The van der Waals surface area contributed by atoms with Crippen LogP contribution in [0.1, 0.15) is 5.56 Å². The molecule has 0 atom stereocenters. The average Bonchev–Trinajstić information content (AvgIpc) is 2.42. The number of nitrogen functional groups attached to an aromatic ring is 1. The second-order valence-electron chi connectivity index (χ2n) is 4.21. The number of pyridine rings is 1. The number of hydrogen-bond donors (Lipinski definition) is 3. The third-order valence-electron chi connectivity index (χ3n) is 2.69. The Hall–Kier alpha value is -1.16. The Labute approximate surface area is 139 Å². The maximum absolute atomic E-state index is 12.5. The van der Waals surface area contributed by atoms with Crippen LogP contribution in [0.4, 0.5) is 11.5 Å². The summed E-state index contributed by atoms with van der Waals surface area (Å²) in [6.45, 7) is 1.81. The van der Waals surface area contributed by atoms with Crippen molar-refractivity contribution in [2.24, 2.45) is 5.84 Å². The van der Waals surface area contributed by atoms with E-state index in [4.69, 9.17) is 5.84 Å². The van der Waals surface area contributed by atoms with E-state index in [9.17, 15) is 8.42 Å². The van der Waals surface area contributed by atoms with Gasteiger partial charge >= 0.3 is 0 Å². The van der Waals surface area contributed by atoms with E-state index in [2.05, 4.69) is 47.0 Å². The van der Waals surface area contributed by atoms with Crippen molar-refractivity contribution in [1.82, 2.24) is 4.98 Å². The lowest BCUT2D eigenvalue weighted by Gasteiger charge is -2.13. The van der Waals surface area contributed by atoms with Gasteiger partial charge in [0, 0.05) is 15.1 Å². The zero-order valence-electron chi connectivity index (χ0n) is 10.9. The van der Waals surface area contributed by atoms with Crippen molar-refractivity contribution in [3.05, 3.63) is 45.0 Å². The average molecular weight is 436 g/mol. The van der Waals surface area contributed by atoms with Gasteiger partial charge in [0.15, 0.2) is 5.82 Å². The second kappa shape index (κ2) is 6.30. The minimum Gasteiger partial charge on any atom is -0.307 e. The van der Waals surface area contributed by atoms with Crippen molar-refractivity contribution < 1.29 is 8.42 Å². The van der Waals surface area contributed by atoms with Gasteiger partial charge in [-0.2, -0.15) is 0 Å². The third-order valence-corrected chi connectivity index (χ3v) is 5.00. The zero-order valence-corrected chi connectivity index (χ0v) is 14.9. The lowest BCUT2D eigenvalue weighted by atomic mass is 10.2. The summed E-state index contributed by atoms with van der Waals surface area (Å²) >= 11 is 6.51. The summed E-state index contributed by atoms with van der Waals surface area (Å²) in [5.74, 6) is 5.39. The summed E-state index contributed by atoms with van der Waals surface area (Å²) in [6.07, 6.45) is 1.46. The number of nitrogens with one attached hydrogen (secondary N) is 2. The van der Waals surface area contributed by atoms with E-state index in [0.717, 1.165) is 10.0 Å². The molecule has 0 radical (unpaired) electrons. The highest BCUT2D eigenvalue weighted by Gasteiger charge is 2.21. The van der Waals surface area contributed by atoms with Crippen LogP contribution in [0.15, 0.2) is 44.3 Å². The zero-order chi connectivity index (χ0) is 15.6. The second-order valence-corrected chi connectivity index (χ2v) is 7.69. The van der Waals surface area contributed by atoms with Crippen LogP contribution in [0.5, 0.6) is 0 Å². The third kappa shape index (κ3) is 3.73. The molecule has 112 valence electrons. The molecule has 0 aliphatic heterocycles. The highest BCUT2D eigenvalue weighted by atomic mass is 79.9. The molecule has 0 saturated heterocycles. The molecule has 0 aliphatic rings. The van der Waals surface area contributed by atoms with Crippen molar-refractivity contribution in [3.63, 3.8) is 0 Å². The first-order valence-electron chi connectivity index (χ1n) is 5.74. The molecule has 0 spiro atoms. The Balaban J connectivity index is 2.48. The van der Waals surface area contributed by atoms with Gasteiger partial charge in [-0.3, -0.25) is 4.72 Å². The van der Waals surface area contributed by atoms with E-state index in [0.29, 0.717) is 10.2 Å². The van der Waals surface area contributed by atoms with Crippen LogP contribution >= 0.6 is 31.9 Å². The Morgan fingerprint density at radius 1 is 1.19 bits per heavy atom. The summed E-state index contributed by atoms with van der Waals surface area (Å²) in [4.78, 5) is 3.89. The molecule has 0 aliphatic carbocycles. The molecule has 1 aromatic carbocycles. The number of sulfonamides is 1. The molecule has 4 N–H and O–H groups in total. The summed E-state index contributed by atoms with van der Waals surface area (Å²) < 4.78 is 28.9. The fraction of sp³-hybridized carbons (Fsp3) is 0.0833. The van der Waals surface area contributed by atoms with E-state index in [1.54, 1.807) is 6.07 Å². The number of hydrazine groups is 1. The Morgan fingerprint density at radius 2 is 1.90 bits per heavy atom. The number of halogens is 2. The van der Waals surface area contributed by atoms with Gasteiger partial charge in [-0.25, -0.2) is 19.2 Å². The number of aryl methyl sites for hydroxylation is 1. The first kappa shape index (κ1) is 16.2. The Kier molecular flexibility index (Phi) is 4.87. The molecule has 0 unspecified atom stereocenters. The van der Waals surface area contributed by atoms with E-state index in [1.165, 1.54) is 12.3 Å². The number of anilines is 2. The normalized spacial score (nSPS) is 11.2. The summed E-state index contributed by atoms with van der Waals surface area (Å²) in [6, 6.07) is 6.76. The van der Waals surface area contributed by atoms with E-state index in [1.807, 2.05) is 19.1 Å². The van der Waals surface area contributed by atoms with Gasteiger partial charge in [0.2, 0.25) is 0 Å². The fourth-order valence-electron chi connectivity index (χ4n) is 1.64. The van der Waals surface area contributed by atoms with Gasteiger partial charge in [0.1, 0.15) is 4.90 Å². The molecular weight excluding hydrogens is 424 g/mol. The van der Waals surface area contributed by atoms with E-state index in [-0.39, 0.29) is 10.7 Å². The van der Waals surface area contributed by atoms with E-state index >= 15 is 0 Å². The van der Waals surface area contributed by atoms with Gasteiger partial charge in [0.25, 0.3) is 10.0 Å². The SMILES string of the molecule is Cc1ccc(Br)cc1NS(=O)(=O)c1cc(Br)cnc1NN. The molecule has 1 heterocycles. The van der Waals surface area contributed by atoms with Crippen LogP contribution < -0.4 is 16.0 Å². The largest absolute Gasteiger partial charge is 0.307 e. The summed E-state index contributed by atoms with van der Waals surface area (Å²) in [7, 11) is -3.82. The lowest BCUT2D eigenvalue weighted by molar-refractivity contribution is 0.601. The molecule has 0 saturated carbocycles. The molecule has 6 nitrogen and oxygen atoms in total. The van der Waals surface area contributed by atoms with Crippen LogP contribution in [0.2, 0.25) is 0 Å². The fourth-order valence-corrected chi connectivity index (χ4v) is 3.75. The van der Waals surface area contributed by atoms with Crippen LogP contribution in [-0.2, 0) is 10.0 Å². The molecule has 2 rings (SSSR count). The van der Waals surface area contributed by atoms with Crippen molar-refractivity contribution in [2.75, 3.05) is 10.1 Å². The highest BCUT2D eigenvalue weighted by Crippen LogP contribution is 2.27. The first-order chi connectivity index (χ1) is 9.83. The number of rotatable bonds is 4. The Bertz CT molecular complexity index is 781. The van der Waals surface area contributed by atoms with Gasteiger partial charge < -0.3 is 5.43 Å². The number of nitrogens with zero attached hydrogens (tertiary/aromatic N) is 1. The molecule has 2 aromatic rings. The number of nitrogens with two attached hydrogens (primary N) is 1. The monoisotopic (exact) mass is 434 g/mol. The van der Waals surface area contributed by atoms with Crippen LogP contribution in [0, 0.1) is 6.92 Å². The van der Waals surface area contributed by atoms with E-state index < -0.39 is 10.0 Å². The smallest absolute Gasteiger partial charge is 0.265 e. The van der Waals surface area contributed by atoms with Crippen LogP contribution in [0.25, 0.3) is 0 Å². The van der Waals surface area contributed by atoms with Crippen LogP contribution in [-0.4, -0.2) is 13.4 Å².